The van der Waals surface area contributed by atoms with Crippen LogP contribution in [0.1, 0.15) is 5.56 Å². The molecule has 0 atom stereocenters. The minimum atomic E-state index is -0.662. The van der Waals surface area contributed by atoms with Crippen molar-refractivity contribution in [1.82, 2.24) is 0 Å². The van der Waals surface area contributed by atoms with Crippen LogP contribution in [0.3, 0.4) is 0 Å². The van der Waals surface area contributed by atoms with Crippen molar-refractivity contribution in [3.05, 3.63) is 29.3 Å². The number of nitrogens with two attached hydrogens (primary N) is 1. The van der Waals surface area contributed by atoms with Gasteiger partial charge in [-0.3, -0.25) is 0 Å². The minimum absolute atomic E-state index is 0.296. The Kier molecular flexibility index (Phi) is 5.55. The fourth-order valence-corrected chi connectivity index (χ4v) is 1.54. The van der Waals surface area contributed by atoms with Crippen LogP contribution in [0.25, 0.3) is 0 Å². The van der Waals surface area contributed by atoms with Crippen LogP contribution in [-0.2, 0) is 6.42 Å². The Bertz CT molecular complexity index is 324. The van der Waals surface area contributed by atoms with Gasteiger partial charge in [0, 0.05) is 5.75 Å². The zero-order chi connectivity index (χ0) is 12.0. The van der Waals surface area contributed by atoms with Gasteiger partial charge < -0.3 is 10.5 Å². The molecule has 0 fully saturated rings. The standard InChI is InChI=1S/C11H15F2NOS/c1-16-5-4-15-11-9(12)6-8(2-3-14)7-10(11)13/h6-7H,2-5,14H2,1H3. The van der Waals surface area contributed by atoms with Gasteiger partial charge in [0.1, 0.15) is 0 Å². The van der Waals surface area contributed by atoms with E-state index in [-0.39, 0.29) is 5.75 Å². The third-order valence-corrected chi connectivity index (χ3v) is 2.60. The van der Waals surface area contributed by atoms with Crippen molar-refractivity contribution in [2.24, 2.45) is 5.73 Å². The summed E-state index contributed by atoms with van der Waals surface area (Å²) in [6.45, 7) is 0.663. The highest BCUT2D eigenvalue weighted by molar-refractivity contribution is 7.98. The first-order valence-corrected chi connectivity index (χ1v) is 6.38. The molecule has 0 heterocycles. The summed E-state index contributed by atoms with van der Waals surface area (Å²) in [5.41, 5.74) is 5.87. The molecule has 5 heteroatoms. The van der Waals surface area contributed by atoms with Gasteiger partial charge in [0.25, 0.3) is 0 Å². The number of halogens is 2. The molecule has 1 aromatic rings. The van der Waals surface area contributed by atoms with Crippen molar-refractivity contribution in [1.29, 1.82) is 0 Å². The lowest BCUT2D eigenvalue weighted by molar-refractivity contribution is 0.305. The number of thioether (sulfide) groups is 1. The van der Waals surface area contributed by atoms with Crippen LogP contribution in [0.2, 0.25) is 0 Å². The van der Waals surface area contributed by atoms with Crippen LogP contribution in [0.4, 0.5) is 8.78 Å². The third kappa shape index (κ3) is 3.64. The second kappa shape index (κ2) is 6.70. The Balaban J connectivity index is 2.77. The topological polar surface area (TPSA) is 35.2 Å². The molecule has 2 nitrogen and oxygen atoms in total. The van der Waals surface area contributed by atoms with Crippen LogP contribution in [-0.4, -0.2) is 25.2 Å². The van der Waals surface area contributed by atoms with E-state index in [1.165, 1.54) is 12.1 Å². The van der Waals surface area contributed by atoms with Crippen molar-refractivity contribution in [3.8, 4) is 5.75 Å². The Morgan fingerprint density at radius 1 is 1.31 bits per heavy atom. The summed E-state index contributed by atoms with van der Waals surface area (Å²) in [4.78, 5) is 0. The maximum Gasteiger partial charge on any atom is 0.190 e. The smallest absolute Gasteiger partial charge is 0.190 e. The summed E-state index contributed by atoms with van der Waals surface area (Å²) in [6.07, 6.45) is 2.36. The van der Waals surface area contributed by atoms with Gasteiger partial charge in [0.2, 0.25) is 0 Å². The van der Waals surface area contributed by atoms with Gasteiger partial charge in [0.15, 0.2) is 17.4 Å². The van der Waals surface area contributed by atoms with E-state index in [1.54, 1.807) is 11.8 Å². The molecule has 0 aliphatic heterocycles. The minimum Gasteiger partial charge on any atom is -0.487 e. The lowest BCUT2D eigenvalue weighted by Crippen LogP contribution is -2.06. The van der Waals surface area contributed by atoms with E-state index in [0.717, 1.165) is 0 Å². The second-order valence-corrected chi connectivity index (χ2v) is 4.25. The normalized spacial score (nSPS) is 10.5. The van der Waals surface area contributed by atoms with E-state index < -0.39 is 11.6 Å². The first-order valence-electron chi connectivity index (χ1n) is 4.98. The summed E-state index contributed by atoms with van der Waals surface area (Å²) >= 11 is 1.56. The lowest BCUT2D eigenvalue weighted by Gasteiger charge is -2.09. The molecule has 0 bridgehead atoms. The SMILES string of the molecule is CSCCOc1c(F)cc(CCN)cc1F. The Morgan fingerprint density at radius 3 is 2.44 bits per heavy atom. The van der Waals surface area contributed by atoms with Crippen molar-refractivity contribution in [2.45, 2.75) is 6.42 Å². The van der Waals surface area contributed by atoms with Crippen LogP contribution in [0, 0.1) is 11.6 Å². The molecule has 1 rings (SSSR count). The monoisotopic (exact) mass is 247 g/mol. The number of benzene rings is 1. The van der Waals surface area contributed by atoms with Gasteiger partial charge >= 0.3 is 0 Å². The summed E-state index contributed by atoms with van der Waals surface area (Å²) < 4.78 is 31.9. The molecule has 90 valence electrons. The van der Waals surface area contributed by atoms with Gasteiger partial charge in [-0.15, -0.1) is 0 Å². The molecule has 0 spiro atoms. The van der Waals surface area contributed by atoms with E-state index in [1.807, 2.05) is 6.26 Å². The Morgan fingerprint density at radius 2 is 1.94 bits per heavy atom. The first-order chi connectivity index (χ1) is 7.69. The molecule has 0 amide bonds. The van der Waals surface area contributed by atoms with E-state index in [0.29, 0.717) is 30.9 Å². The van der Waals surface area contributed by atoms with Gasteiger partial charge in [-0.1, -0.05) is 0 Å². The number of ether oxygens (including phenoxy) is 1. The molecule has 0 aliphatic rings. The average molecular weight is 247 g/mol. The molecule has 1 aromatic carbocycles. The van der Waals surface area contributed by atoms with E-state index in [2.05, 4.69) is 0 Å². The number of rotatable bonds is 6. The van der Waals surface area contributed by atoms with Crippen LogP contribution < -0.4 is 10.5 Å². The molecule has 16 heavy (non-hydrogen) atoms. The molecule has 0 aliphatic carbocycles. The van der Waals surface area contributed by atoms with Gasteiger partial charge in [-0.25, -0.2) is 8.78 Å². The number of hydrogen-bond acceptors (Lipinski definition) is 3. The largest absolute Gasteiger partial charge is 0.487 e. The van der Waals surface area contributed by atoms with Crippen molar-refractivity contribution in [3.63, 3.8) is 0 Å². The molecule has 0 aromatic heterocycles. The Labute approximate surface area is 98.2 Å². The van der Waals surface area contributed by atoms with E-state index >= 15 is 0 Å². The van der Waals surface area contributed by atoms with Crippen LogP contribution in [0.5, 0.6) is 5.75 Å². The maximum absolute atomic E-state index is 13.4. The lowest BCUT2D eigenvalue weighted by atomic mass is 10.1. The Hall–Kier alpha value is -0.810. The number of hydrogen-bond donors (Lipinski definition) is 1. The van der Waals surface area contributed by atoms with E-state index in [9.17, 15) is 8.78 Å². The van der Waals surface area contributed by atoms with Crippen molar-refractivity contribution < 1.29 is 13.5 Å². The zero-order valence-corrected chi connectivity index (χ0v) is 9.95. The molecule has 0 saturated heterocycles. The van der Waals surface area contributed by atoms with E-state index in [4.69, 9.17) is 10.5 Å². The highest BCUT2D eigenvalue weighted by atomic mass is 32.2. The van der Waals surface area contributed by atoms with Crippen molar-refractivity contribution >= 4 is 11.8 Å². The van der Waals surface area contributed by atoms with Crippen LogP contribution in [0.15, 0.2) is 12.1 Å². The van der Waals surface area contributed by atoms with Crippen LogP contribution >= 0.6 is 11.8 Å². The maximum atomic E-state index is 13.4. The molecule has 0 radical (unpaired) electrons. The summed E-state index contributed by atoms with van der Waals surface area (Å²) in [5, 5.41) is 0. The van der Waals surface area contributed by atoms with Gasteiger partial charge in [0.05, 0.1) is 6.61 Å². The molecule has 0 saturated carbocycles. The summed E-state index contributed by atoms with van der Waals surface area (Å²) in [7, 11) is 0. The van der Waals surface area contributed by atoms with Gasteiger partial charge in [-0.2, -0.15) is 11.8 Å². The van der Waals surface area contributed by atoms with Gasteiger partial charge in [-0.05, 0) is 36.9 Å². The second-order valence-electron chi connectivity index (χ2n) is 3.27. The quantitative estimate of drug-likeness (QED) is 0.783. The molecular formula is C11H15F2NOS. The zero-order valence-electron chi connectivity index (χ0n) is 9.13. The first kappa shape index (κ1) is 13.3. The third-order valence-electron chi connectivity index (χ3n) is 2.02. The van der Waals surface area contributed by atoms with Crippen molar-refractivity contribution in [2.75, 3.05) is 25.2 Å². The summed E-state index contributed by atoms with van der Waals surface area (Å²) in [6, 6.07) is 2.54. The summed E-state index contributed by atoms with van der Waals surface area (Å²) in [5.74, 6) is -0.924. The highest BCUT2D eigenvalue weighted by Gasteiger charge is 2.12. The average Bonchev–Trinajstić information content (AvgIpc) is 2.23. The molecular weight excluding hydrogens is 232 g/mol. The molecule has 2 N–H and O–H groups in total. The predicted octanol–water partition coefficient (Wildman–Crippen LogP) is 2.21. The predicted molar refractivity (Wildman–Crippen MR) is 63.0 cm³/mol. The molecule has 0 unspecified atom stereocenters. The highest BCUT2D eigenvalue weighted by Crippen LogP contribution is 2.23. The fraction of sp³-hybridized carbons (Fsp3) is 0.455. The fourth-order valence-electron chi connectivity index (χ4n) is 1.29.